The molecule has 0 bridgehead atoms. The number of hydrogen-bond donors (Lipinski definition) is 1. The Morgan fingerprint density at radius 1 is 1.37 bits per heavy atom. The summed E-state index contributed by atoms with van der Waals surface area (Å²) >= 11 is 6.16. The van der Waals surface area contributed by atoms with Crippen molar-refractivity contribution in [2.24, 2.45) is 0 Å². The molecule has 0 radical (unpaired) electrons. The van der Waals surface area contributed by atoms with E-state index in [1.54, 1.807) is 0 Å². The maximum Gasteiger partial charge on any atom is 0.0848 e. The molecule has 0 fully saturated rings. The van der Waals surface area contributed by atoms with E-state index in [2.05, 4.69) is 22.3 Å². The molecule has 2 aromatic rings. The highest BCUT2D eigenvalue weighted by atomic mass is 35.5. The van der Waals surface area contributed by atoms with E-state index in [4.69, 9.17) is 11.6 Å². The first-order valence-corrected chi connectivity index (χ1v) is 6.81. The Kier molecular flexibility index (Phi) is 4.22. The van der Waals surface area contributed by atoms with E-state index in [0.717, 1.165) is 29.2 Å². The molecule has 0 aliphatic carbocycles. The van der Waals surface area contributed by atoms with Crippen molar-refractivity contribution >= 4 is 11.6 Å². The van der Waals surface area contributed by atoms with E-state index >= 15 is 0 Å². The average Bonchev–Trinajstić information content (AvgIpc) is 2.69. The van der Waals surface area contributed by atoms with Gasteiger partial charge in [-0.15, -0.1) is 0 Å². The van der Waals surface area contributed by atoms with Crippen LogP contribution in [-0.2, 0) is 0 Å². The van der Waals surface area contributed by atoms with Crippen LogP contribution in [0.2, 0.25) is 5.02 Å². The first kappa shape index (κ1) is 14.0. The molecule has 1 unspecified atom stereocenters. The summed E-state index contributed by atoms with van der Waals surface area (Å²) in [7, 11) is 1.95. The SMILES string of the molecule is CCC(NC)c1ccc(-n2nc(C)c(Cl)c2C)cn1. The Morgan fingerprint density at radius 2 is 2.11 bits per heavy atom. The van der Waals surface area contributed by atoms with E-state index in [-0.39, 0.29) is 6.04 Å². The zero-order valence-electron chi connectivity index (χ0n) is 11.7. The lowest BCUT2D eigenvalue weighted by atomic mass is 10.1. The van der Waals surface area contributed by atoms with Gasteiger partial charge in [-0.05, 0) is 39.4 Å². The van der Waals surface area contributed by atoms with Crippen molar-refractivity contribution in [1.82, 2.24) is 20.1 Å². The van der Waals surface area contributed by atoms with Crippen molar-refractivity contribution in [2.75, 3.05) is 7.05 Å². The minimum atomic E-state index is 0.290. The molecule has 4 nitrogen and oxygen atoms in total. The van der Waals surface area contributed by atoms with Gasteiger partial charge in [0.15, 0.2) is 0 Å². The molecular formula is C14H19ClN4. The van der Waals surface area contributed by atoms with Crippen molar-refractivity contribution in [3.63, 3.8) is 0 Å². The third-order valence-corrected chi connectivity index (χ3v) is 3.88. The summed E-state index contributed by atoms with van der Waals surface area (Å²) in [6.45, 7) is 6.00. The first-order valence-electron chi connectivity index (χ1n) is 6.43. The zero-order chi connectivity index (χ0) is 14.0. The molecule has 0 aliphatic rings. The predicted molar refractivity (Wildman–Crippen MR) is 77.9 cm³/mol. The van der Waals surface area contributed by atoms with Crippen molar-refractivity contribution < 1.29 is 0 Å². The van der Waals surface area contributed by atoms with E-state index in [9.17, 15) is 0 Å². The number of halogens is 1. The summed E-state index contributed by atoms with van der Waals surface area (Å²) < 4.78 is 1.83. The van der Waals surface area contributed by atoms with E-state index in [0.29, 0.717) is 5.02 Å². The van der Waals surface area contributed by atoms with Crippen LogP contribution in [0, 0.1) is 13.8 Å². The predicted octanol–water partition coefficient (Wildman–Crippen LogP) is 3.21. The van der Waals surface area contributed by atoms with Gasteiger partial charge in [-0.3, -0.25) is 4.98 Å². The molecule has 19 heavy (non-hydrogen) atoms. The molecule has 5 heteroatoms. The third-order valence-electron chi connectivity index (χ3n) is 3.33. The van der Waals surface area contributed by atoms with Crippen molar-refractivity contribution in [1.29, 1.82) is 0 Å². The highest BCUT2D eigenvalue weighted by Crippen LogP contribution is 2.22. The molecular weight excluding hydrogens is 260 g/mol. The number of pyridine rings is 1. The number of nitrogens with zero attached hydrogens (tertiary/aromatic N) is 3. The van der Waals surface area contributed by atoms with Crippen LogP contribution in [0.1, 0.15) is 36.5 Å². The van der Waals surface area contributed by atoms with E-state index < -0.39 is 0 Å². The lowest BCUT2D eigenvalue weighted by Crippen LogP contribution is -2.16. The second-order valence-electron chi connectivity index (χ2n) is 4.59. The summed E-state index contributed by atoms with van der Waals surface area (Å²) in [5.41, 5.74) is 3.75. The van der Waals surface area contributed by atoms with Gasteiger partial charge in [0.1, 0.15) is 0 Å². The quantitative estimate of drug-likeness (QED) is 0.934. The summed E-state index contributed by atoms with van der Waals surface area (Å²) in [6.07, 6.45) is 2.85. The average molecular weight is 279 g/mol. The Balaban J connectivity index is 2.34. The van der Waals surface area contributed by atoms with E-state index in [1.165, 1.54) is 0 Å². The monoisotopic (exact) mass is 278 g/mol. The summed E-state index contributed by atoms with van der Waals surface area (Å²) in [6, 6.07) is 4.35. The molecule has 2 heterocycles. The van der Waals surface area contributed by atoms with Crippen LogP contribution in [0.3, 0.4) is 0 Å². The molecule has 0 aromatic carbocycles. The van der Waals surface area contributed by atoms with Gasteiger partial charge in [0.25, 0.3) is 0 Å². The number of aryl methyl sites for hydroxylation is 1. The van der Waals surface area contributed by atoms with Crippen LogP contribution in [0.15, 0.2) is 18.3 Å². The van der Waals surface area contributed by atoms with Gasteiger partial charge in [-0.25, -0.2) is 4.68 Å². The molecule has 102 valence electrons. The molecule has 0 saturated heterocycles. The maximum atomic E-state index is 6.16. The third kappa shape index (κ3) is 2.65. The highest BCUT2D eigenvalue weighted by molar-refractivity contribution is 6.31. The number of nitrogens with one attached hydrogen (secondary N) is 1. The maximum absolute atomic E-state index is 6.16. The molecule has 0 saturated carbocycles. The molecule has 1 atom stereocenters. The first-order chi connectivity index (χ1) is 9.08. The van der Waals surface area contributed by atoms with Gasteiger partial charge in [0, 0.05) is 6.04 Å². The molecule has 2 rings (SSSR count). The van der Waals surface area contributed by atoms with Crippen LogP contribution in [0.5, 0.6) is 0 Å². The minimum Gasteiger partial charge on any atom is -0.312 e. The zero-order valence-corrected chi connectivity index (χ0v) is 12.5. The van der Waals surface area contributed by atoms with Gasteiger partial charge < -0.3 is 5.32 Å². The lowest BCUT2D eigenvalue weighted by molar-refractivity contribution is 0.561. The van der Waals surface area contributed by atoms with Crippen LogP contribution >= 0.6 is 11.6 Å². The normalized spacial score (nSPS) is 12.7. The van der Waals surface area contributed by atoms with Gasteiger partial charge in [0.2, 0.25) is 0 Å². The number of rotatable bonds is 4. The number of aromatic nitrogens is 3. The van der Waals surface area contributed by atoms with Crippen LogP contribution in [0.4, 0.5) is 0 Å². The molecule has 1 N–H and O–H groups in total. The summed E-state index contributed by atoms with van der Waals surface area (Å²) in [4.78, 5) is 4.51. The van der Waals surface area contributed by atoms with E-state index in [1.807, 2.05) is 43.9 Å². The van der Waals surface area contributed by atoms with Gasteiger partial charge in [-0.1, -0.05) is 18.5 Å². The molecule has 2 aromatic heterocycles. The Bertz CT molecular complexity index is 556. The van der Waals surface area contributed by atoms with Gasteiger partial charge in [-0.2, -0.15) is 5.10 Å². The largest absolute Gasteiger partial charge is 0.312 e. The fourth-order valence-electron chi connectivity index (χ4n) is 2.17. The van der Waals surface area contributed by atoms with Crippen LogP contribution < -0.4 is 5.32 Å². The topological polar surface area (TPSA) is 42.7 Å². The molecule has 0 aliphatic heterocycles. The summed E-state index contributed by atoms with van der Waals surface area (Å²) in [5.74, 6) is 0. The molecule has 0 amide bonds. The van der Waals surface area contributed by atoms with Crippen molar-refractivity contribution in [2.45, 2.75) is 33.2 Å². The summed E-state index contributed by atoms with van der Waals surface area (Å²) in [5, 5.41) is 8.38. The van der Waals surface area contributed by atoms with Crippen molar-refractivity contribution in [3.05, 3.63) is 40.4 Å². The van der Waals surface area contributed by atoms with Crippen molar-refractivity contribution in [3.8, 4) is 5.69 Å². The number of hydrogen-bond acceptors (Lipinski definition) is 3. The van der Waals surface area contributed by atoms with Gasteiger partial charge >= 0.3 is 0 Å². The Morgan fingerprint density at radius 3 is 2.53 bits per heavy atom. The highest BCUT2D eigenvalue weighted by Gasteiger charge is 2.12. The Labute approximate surface area is 118 Å². The van der Waals surface area contributed by atoms with Crippen LogP contribution in [-0.4, -0.2) is 21.8 Å². The molecule has 0 spiro atoms. The smallest absolute Gasteiger partial charge is 0.0848 e. The fraction of sp³-hybridized carbons (Fsp3) is 0.429. The second kappa shape index (κ2) is 5.72. The second-order valence-corrected chi connectivity index (χ2v) is 4.97. The minimum absolute atomic E-state index is 0.290. The lowest BCUT2D eigenvalue weighted by Gasteiger charge is -2.13. The fourth-order valence-corrected chi connectivity index (χ4v) is 2.28. The standard InChI is InChI=1S/C14H19ClN4/c1-5-12(16-4)13-7-6-11(8-17-13)19-10(3)14(15)9(2)18-19/h6-8,12,16H,5H2,1-4H3. The Hall–Kier alpha value is -1.39. The van der Waals surface area contributed by atoms with Gasteiger partial charge in [0.05, 0.1) is 34.0 Å². The van der Waals surface area contributed by atoms with Crippen LogP contribution in [0.25, 0.3) is 5.69 Å².